The van der Waals surface area contributed by atoms with E-state index in [1.807, 2.05) is 12.1 Å². The van der Waals surface area contributed by atoms with Gasteiger partial charge in [-0.1, -0.05) is 19.1 Å². The van der Waals surface area contributed by atoms with E-state index in [1.165, 1.54) is 4.70 Å². The lowest BCUT2D eigenvalue weighted by molar-refractivity contribution is 0.311. The summed E-state index contributed by atoms with van der Waals surface area (Å²) in [5.74, 6) is 2.56. The molecular weight excluding hydrogens is 322 g/mol. The number of nitrogens with zero attached hydrogens (tertiary/aromatic N) is 2. The molecule has 1 aliphatic rings. The van der Waals surface area contributed by atoms with E-state index < -0.39 is 0 Å². The van der Waals surface area contributed by atoms with E-state index in [0.29, 0.717) is 13.2 Å². The van der Waals surface area contributed by atoms with Crippen LogP contribution in [0.2, 0.25) is 0 Å². The lowest BCUT2D eigenvalue weighted by atomic mass is 10.1. The fourth-order valence-corrected chi connectivity index (χ4v) is 4.17. The van der Waals surface area contributed by atoms with Crippen LogP contribution in [-0.4, -0.2) is 34.8 Å². The minimum atomic E-state index is 0.0743. The van der Waals surface area contributed by atoms with Crippen LogP contribution < -0.4 is 10.1 Å². The molecule has 3 heterocycles. The van der Waals surface area contributed by atoms with Gasteiger partial charge in [-0.2, -0.15) is 0 Å². The second kappa shape index (κ2) is 6.37. The first-order chi connectivity index (χ1) is 11.8. The maximum atomic E-state index is 9.14. The SMILES string of the molecule is CCc1nc(NCCO)c2c(n1)-c1sc3ccccc3c1OCC2. The van der Waals surface area contributed by atoms with Crippen LogP contribution in [-0.2, 0) is 12.8 Å². The van der Waals surface area contributed by atoms with Gasteiger partial charge in [0, 0.05) is 35.0 Å². The van der Waals surface area contributed by atoms with Gasteiger partial charge in [-0.3, -0.25) is 0 Å². The molecule has 24 heavy (non-hydrogen) atoms. The summed E-state index contributed by atoms with van der Waals surface area (Å²) in [7, 11) is 0. The van der Waals surface area contributed by atoms with Crippen molar-refractivity contribution in [2.45, 2.75) is 19.8 Å². The molecule has 0 aliphatic carbocycles. The van der Waals surface area contributed by atoms with E-state index in [9.17, 15) is 0 Å². The zero-order chi connectivity index (χ0) is 16.5. The van der Waals surface area contributed by atoms with Gasteiger partial charge in [-0.15, -0.1) is 11.3 Å². The van der Waals surface area contributed by atoms with Crippen molar-refractivity contribution < 1.29 is 9.84 Å². The molecule has 124 valence electrons. The number of aliphatic hydroxyl groups is 1. The fourth-order valence-electron chi connectivity index (χ4n) is 3.01. The number of rotatable bonds is 4. The summed E-state index contributed by atoms with van der Waals surface area (Å²) in [5, 5.41) is 13.5. The van der Waals surface area contributed by atoms with Crippen LogP contribution in [0.5, 0.6) is 5.75 Å². The Morgan fingerprint density at radius 2 is 2.17 bits per heavy atom. The van der Waals surface area contributed by atoms with E-state index in [1.54, 1.807) is 11.3 Å². The number of fused-ring (bicyclic) bond motifs is 5. The number of benzene rings is 1. The number of anilines is 1. The smallest absolute Gasteiger partial charge is 0.147 e. The second-order valence-corrected chi connectivity index (χ2v) is 6.73. The molecule has 1 aliphatic heterocycles. The van der Waals surface area contributed by atoms with Gasteiger partial charge >= 0.3 is 0 Å². The molecule has 0 spiro atoms. The predicted molar refractivity (Wildman–Crippen MR) is 97.0 cm³/mol. The highest BCUT2D eigenvalue weighted by molar-refractivity contribution is 7.22. The minimum absolute atomic E-state index is 0.0743. The summed E-state index contributed by atoms with van der Waals surface area (Å²) in [6, 6.07) is 8.30. The third-order valence-electron chi connectivity index (χ3n) is 4.14. The number of aromatic nitrogens is 2. The van der Waals surface area contributed by atoms with E-state index in [2.05, 4.69) is 29.4 Å². The van der Waals surface area contributed by atoms with Crippen molar-refractivity contribution in [3.8, 4) is 16.3 Å². The Morgan fingerprint density at radius 3 is 3.00 bits per heavy atom. The highest BCUT2D eigenvalue weighted by Gasteiger charge is 2.25. The van der Waals surface area contributed by atoms with E-state index in [-0.39, 0.29) is 6.61 Å². The molecule has 0 fully saturated rings. The number of aryl methyl sites for hydroxylation is 1. The summed E-state index contributed by atoms with van der Waals surface area (Å²) < 4.78 is 7.29. The summed E-state index contributed by atoms with van der Waals surface area (Å²) in [6.45, 7) is 3.21. The van der Waals surface area contributed by atoms with Crippen LogP contribution in [0, 0.1) is 0 Å². The highest BCUT2D eigenvalue weighted by atomic mass is 32.1. The molecule has 1 aromatic carbocycles. The number of hydrogen-bond donors (Lipinski definition) is 2. The lowest BCUT2D eigenvalue weighted by Crippen LogP contribution is -2.13. The first-order valence-corrected chi connectivity index (χ1v) is 9.02. The highest BCUT2D eigenvalue weighted by Crippen LogP contribution is 2.47. The molecule has 6 heteroatoms. The van der Waals surface area contributed by atoms with Crippen LogP contribution in [0.15, 0.2) is 24.3 Å². The van der Waals surface area contributed by atoms with Gasteiger partial charge in [0.25, 0.3) is 0 Å². The monoisotopic (exact) mass is 341 g/mol. The largest absolute Gasteiger partial charge is 0.491 e. The van der Waals surface area contributed by atoms with Crippen molar-refractivity contribution in [1.29, 1.82) is 0 Å². The first kappa shape index (κ1) is 15.4. The van der Waals surface area contributed by atoms with Gasteiger partial charge in [0.05, 0.1) is 23.8 Å². The third kappa shape index (κ3) is 2.52. The van der Waals surface area contributed by atoms with Crippen molar-refractivity contribution in [2.75, 3.05) is 25.1 Å². The van der Waals surface area contributed by atoms with Crippen molar-refractivity contribution in [1.82, 2.24) is 9.97 Å². The molecule has 2 aromatic heterocycles. The Morgan fingerprint density at radius 1 is 1.29 bits per heavy atom. The number of ether oxygens (including phenoxy) is 1. The maximum absolute atomic E-state index is 9.14. The number of nitrogens with one attached hydrogen (secondary N) is 1. The molecule has 0 unspecified atom stereocenters. The van der Waals surface area contributed by atoms with Gasteiger partial charge in [-0.25, -0.2) is 9.97 Å². The van der Waals surface area contributed by atoms with E-state index in [4.69, 9.17) is 14.8 Å². The average Bonchev–Trinajstić information content (AvgIpc) is 2.89. The van der Waals surface area contributed by atoms with Crippen LogP contribution in [0.3, 0.4) is 0 Å². The molecule has 5 nitrogen and oxygen atoms in total. The molecule has 0 saturated carbocycles. The zero-order valence-electron chi connectivity index (χ0n) is 13.5. The molecule has 3 aromatic rings. The van der Waals surface area contributed by atoms with Gasteiger partial charge in [0.1, 0.15) is 17.4 Å². The topological polar surface area (TPSA) is 67.3 Å². The van der Waals surface area contributed by atoms with Crippen molar-refractivity contribution >= 4 is 27.2 Å². The Kier molecular flexibility index (Phi) is 4.08. The fraction of sp³-hybridized carbons (Fsp3) is 0.333. The lowest BCUT2D eigenvalue weighted by Gasteiger charge is -2.13. The van der Waals surface area contributed by atoms with Gasteiger partial charge in [-0.05, 0) is 12.1 Å². The number of aliphatic hydroxyl groups excluding tert-OH is 1. The summed E-state index contributed by atoms with van der Waals surface area (Å²) in [6.07, 6.45) is 1.52. The minimum Gasteiger partial charge on any atom is -0.491 e. The average molecular weight is 341 g/mol. The molecule has 0 radical (unpaired) electrons. The normalized spacial score (nSPS) is 13.1. The number of hydrogen-bond acceptors (Lipinski definition) is 6. The van der Waals surface area contributed by atoms with E-state index >= 15 is 0 Å². The van der Waals surface area contributed by atoms with Gasteiger partial charge < -0.3 is 15.2 Å². The van der Waals surface area contributed by atoms with Crippen LogP contribution in [0.25, 0.3) is 20.7 Å². The van der Waals surface area contributed by atoms with E-state index in [0.717, 1.165) is 51.8 Å². The zero-order valence-corrected chi connectivity index (χ0v) is 14.3. The molecular formula is C18H19N3O2S. The molecule has 0 atom stereocenters. The van der Waals surface area contributed by atoms with Crippen LogP contribution in [0.1, 0.15) is 18.3 Å². The molecule has 0 amide bonds. The van der Waals surface area contributed by atoms with Gasteiger partial charge in [0.2, 0.25) is 0 Å². The number of thiophene rings is 1. The predicted octanol–water partition coefficient (Wildman–Crippen LogP) is 3.26. The standard InChI is InChI=1S/C18H19N3O2S/c1-2-14-20-15-12(18(21-14)19-8-9-22)7-10-23-16-11-5-3-4-6-13(11)24-17(15)16/h3-6,22H,2,7-10H2,1H3,(H,19,20,21). The van der Waals surface area contributed by atoms with Crippen molar-refractivity contribution in [3.63, 3.8) is 0 Å². The first-order valence-electron chi connectivity index (χ1n) is 8.21. The summed E-state index contributed by atoms with van der Waals surface area (Å²) in [5.41, 5.74) is 2.04. The Hall–Kier alpha value is -2.18. The van der Waals surface area contributed by atoms with Crippen molar-refractivity contribution in [2.24, 2.45) is 0 Å². The Bertz CT molecular complexity index is 891. The summed E-state index contributed by atoms with van der Waals surface area (Å²) >= 11 is 1.72. The quantitative estimate of drug-likeness (QED) is 0.762. The van der Waals surface area contributed by atoms with Crippen molar-refractivity contribution in [3.05, 3.63) is 35.7 Å². The maximum Gasteiger partial charge on any atom is 0.147 e. The molecule has 2 N–H and O–H groups in total. The molecule has 0 bridgehead atoms. The van der Waals surface area contributed by atoms with Crippen LogP contribution in [0.4, 0.5) is 5.82 Å². The Balaban J connectivity index is 1.95. The Labute approximate surface area is 144 Å². The third-order valence-corrected chi connectivity index (χ3v) is 5.30. The second-order valence-electron chi connectivity index (χ2n) is 5.67. The molecule has 0 saturated heterocycles. The van der Waals surface area contributed by atoms with Gasteiger partial charge in [0.15, 0.2) is 0 Å². The molecule has 4 rings (SSSR count). The van der Waals surface area contributed by atoms with Crippen LogP contribution >= 0.6 is 11.3 Å². The summed E-state index contributed by atoms with van der Waals surface area (Å²) in [4.78, 5) is 10.5.